The molecule has 2 aliphatic carbocycles. The SMILES string of the molecule is CCN(CC)C(=O)[C@H]1CCCN1[C@@H]1CC[C@@]2(O)[C@@H]3Cc4ccc(OC)c5c4[C@@]2(CCN3C)[C@H]1O5. The van der Waals surface area contributed by atoms with Crippen molar-refractivity contribution in [2.45, 2.75) is 87.6 Å². The van der Waals surface area contributed by atoms with Crippen molar-refractivity contribution in [1.29, 1.82) is 0 Å². The lowest BCUT2D eigenvalue weighted by molar-refractivity contribution is -0.197. The molecule has 0 radical (unpaired) electrons. The van der Waals surface area contributed by atoms with Crippen molar-refractivity contribution in [1.82, 2.24) is 14.7 Å². The van der Waals surface area contributed by atoms with Crippen LogP contribution < -0.4 is 9.47 Å². The summed E-state index contributed by atoms with van der Waals surface area (Å²) in [5.41, 5.74) is 1.20. The van der Waals surface area contributed by atoms with E-state index < -0.39 is 11.0 Å². The summed E-state index contributed by atoms with van der Waals surface area (Å²) < 4.78 is 12.7. The molecule has 6 rings (SSSR count). The number of aliphatic hydroxyl groups is 1. The number of rotatable bonds is 5. The highest BCUT2D eigenvalue weighted by Gasteiger charge is 2.73. The zero-order valence-corrected chi connectivity index (χ0v) is 21.0. The fourth-order valence-corrected chi connectivity index (χ4v) is 8.41. The lowest BCUT2D eigenvalue weighted by Crippen LogP contribution is -2.78. The van der Waals surface area contributed by atoms with Crippen molar-refractivity contribution in [2.75, 3.05) is 40.3 Å². The van der Waals surface area contributed by atoms with Gasteiger partial charge >= 0.3 is 0 Å². The first-order valence-corrected chi connectivity index (χ1v) is 13.2. The predicted molar refractivity (Wildman–Crippen MR) is 129 cm³/mol. The quantitative estimate of drug-likeness (QED) is 0.713. The standard InChI is InChI=1S/C27H39N3O4/c1-5-29(6-2)25(31)19-8-7-14-30(19)18-11-12-27(32)21-16-17-9-10-20(33-4)23-22(17)26(27,24(18)34-23)13-15-28(21)3/h9-10,18-19,21,24,32H,5-8,11-16H2,1-4H3/t18-,19-,21+,24+,26+,27-/m1/s1. The van der Waals surface area contributed by atoms with E-state index in [0.29, 0.717) is 0 Å². The minimum absolute atomic E-state index is 0.0897. The van der Waals surface area contributed by atoms with Gasteiger partial charge in [-0.1, -0.05) is 6.07 Å². The second kappa shape index (κ2) is 7.84. The van der Waals surface area contributed by atoms with Crippen LogP contribution in [0.3, 0.4) is 0 Å². The molecule has 1 spiro atoms. The third-order valence-corrected chi connectivity index (χ3v) is 9.98. The molecule has 186 valence electrons. The maximum absolute atomic E-state index is 13.5. The van der Waals surface area contributed by atoms with Crippen LogP contribution in [0.25, 0.3) is 0 Å². The number of hydrogen-bond donors (Lipinski definition) is 1. The van der Waals surface area contributed by atoms with E-state index in [-0.39, 0.29) is 30.1 Å². The second-order valence-electron chi connectivity index (χ2n) is 11.0. The van der Waals surface area contributed by atoms with Gasteiger partial charge in [0.05, 0.1) is 24.2 Å². The molecule has 34 heavy (non-hydrogen) atoms. The average molecular weight is 470 g/mol. The molecular formula is C27H39N3O4. The van der Waals surface area contributed by atoms with Gasteiger partial charge in [0.15, 0.2) is 11.5 Å². The van der Waals surface area contributed by atoms with Crippen LogP contribution in [0.5, 0.6) is 11.5 Å². The van der Waals surface area contributed by atoms with Crippen molar-refractivity contribution >= 4 is 5.91 Å². The molecule has 5 aliphatic rings. The number of piperidine rings is 1. The summed E-state index contributed by atoms with van der Waals surface area (Å²) >= 11 is 0. The number of benzene rings is 1. The molecule has 0 unspecified atom stereocenters. The van der Waals surface area contributed by atoms with Gasteiger partial charge in [-0.15, -0.1) is 0 Å². The first-order chi connectivity index (χ1) is 16.4. The van der Waals surface area contributed by atoms with E-state index in [9.17, 15) is 9.90 Å². The average Bonchev–Trinajstić information content (AvgIpc) is 3.45. The Morgan fingerprint density at radius 2 is 2.03 bits per heavy atom. The molecule has 1 N–H and O–H groups in total. The third kappa shape index (κ3) is 2.66. The largest absolute Gasteiger partial charge is 0.493 e. The first-order valence-electron chi connectivity index (χ1n) is 13.2. The predicted octanol–water partition coefficient (Wildman–Crippen LogP) is 2.18. The number of ether oxygens (including phenoxy) is 2. The minimum Gasteiger partial charge on any atom is -0.493 e. The summed E-state index contributed by atoms with van der Waals surface area (Å²) in [5, 5.41) is 12.5. The summed E-state index contributed by atoms with van der Waals surface area (Å²) in [7, 11) is 3.85. The Balaban J connectivity index is 1.45. The van der Waals surface area contributed by atoms with Gasteiger partial charge in [-0.2, -0.15) is 0 Å². The van der Waals surface area contributed by atoms with Crippen LogP contribution in [0.2, 0.25) is 0 Å². The van der Waals surface area contributed by atoms with E-state index in [0.717, 1.165) is 76.2 Å². The van der Waals surface area contributed by atoms with Gasteiger partial charge in [0.2, 0.25) is 5.91 Å². The Hall–Kier alpha value is -1.83. The number of methoxy groups -OCH3 is 1. The molecule has 3 heterocycles. The molecule has 1 amide bonds. The third-order valence-electron chi connectivity index (χ3n) is 9.98. The van der Waals surface area contributed by atoms with Crippen molar-refractivity contribution < 1.29 is 19.4 Å². The van der Waals surface area contributed by atoms with E-state index >= 15 is 0 Å². The van der Waals surface area contributed by atoms with Gasteiger partial charge in [-0.05, 0) is 84.1 Å². The molecule has 0 aromatic heterocycles. The van der Waals surface area contributed by atoms with E-state index in [2.05, 4.69) is 36.8 Å². The summed E-state index contributed by atoms with van der Waals surface area (Å²) in [5.74, 6) is 1.85. The molecule has 3 aliphatic heterocycles. The lowest BCUT2D eigenvalue weighted by atomic mass is 9.48. The van der Waals surface area contributed by atoms with Crippen molar-refractivity contribution in [3.63, 3.8) is 0 Å². The summed E-state index contributed by atoms with van der Waals surface area (Å²) in [4.78, 5) is 20.3. The monoisotopic (exact) mass is 469 g/mol. The van der Waals surface area contributed by atoms with Crippen LogP contribution in [0.15, 0.2) is 12.1 Å². The van der Waals surface area contributed by atoms with Crippen LogP contribution in [-0.2, 0) is 16.6 Å². The van der Waals surface area contributed by atoms with Crippen molar-refractivity contribution in [3.8, 4) is 11.5 Å². The number of carbonyl (C=O) groups is 1. The van der Waals surface area contributed by atoms with Gasteiger partial charge < -0.3 is 24.4 Å². The summed E-state index contributed by atoms with van der Waals surface area (Å²) in [6.45, 7) is 7.47. The molecule has 1 saturated carbocycles. The highest BCUT2D eigenvalue weighted by molar-refractivity contribution is 5.82. The number of amides is 1. The van der Waals surface area contributed by atoms with Crippen molar-refractivity contribution in [2.24, 2.45) is 0 Å². The van der Waals surface area contributed by atoms with Crippen LogP contribution in [0, 0.1) is 0 Å². The molecule has 7 heteroatoms. The lowest BCUT2D eigenvalue weighted by Gasteiger charge is -2.64. The number of nitrogens with zero attached hydrogens (tertiary/aromatic N) is 3. The Labute approximate surface area is 203 Å². The normalized spacial score (nSPS) is 38.4. The fraction of sp³-hybridized carbons (Fsp3) is 0.741. The van der Waals surface area contributed by atoms with Crippen molar-refractivity contribution in [3.05, 3.63) is 23.3 Å². The Bertz CT molecular complexity index is 996. The van der Waals surface area contributed by atoms with Gasteiger partial charge in [0.1, 0.15) is 6.10 Å². The van der Waals surface area contributed by atoms with E-state index in [1.54, 1.807) is 7.11 Å². The molecule has 1 aromatic carbocycles. The van der Waals surface area contributed by atoms with Crippen LogP contribution in [-0.4, -0.2) is 95.9 Å². The van der Waals surface area contributed by atoms with Crippen LogP contribution in [0.1, 0.15) is 57.1 Å². The molecular weight excluding hydrogens is 430 g/mol. The zero-order chi connectivity index (χ0) is 23.8. The smallest absolute Gasteiger partial charge is 0.239 e. The van der Waals surface area contributed by atoms with E-state index in [1.807, 2.05) is 11.0 Å². The summed E-state index contributed by atoms with van der Waals surface area (Å²) in [6, 6.07) is 4.32. The molecule has 2 bridgehead atoms. The van der Waals surface area contributed by atoms with Crippen LogP contribution >= 0.6 is 0 Å². The molecule has 2 saturated heterocycles. The van der Waals surface area contributed by atoms with Crippen LogP contribution in [0.4, 0.5) is 0 Å². The zero-order valence-electron chi connectivity index (χ0n) is 21.0. The van der Waals surface area contributed by atoms with Gasteiger partial charge in [-0.3, -0.25) is 9.69 Å². The summed E-state index contributed by atoms with van der Waals surface area (Å²) in [6.07, 6.45) is 5.07. The first kappa shape index (κ1) is 22.6. The van der Waals surface area contributed by atoms with E-state index in [1.165, 1.54) is 11.1 Å². The highest BCUT2D eigenvalue weighted by Crippen LogP contribution is 2.66. The Morgan fingerprint density at radius 3 is 2.76 bits per heavy atom. The molecule has 1 aromatic rings. The van der Waals surface area contributed by atoms with E-state index in [4.69, 9.17) is 9.47 Å². The molecule has 7 nitrogen and oxygen atoms in total. The molecule has 6 atom stereocenters. The van der Waals surface area contributed by atoms with Gasteiger partial charge in [0, 0.05) is 30.7 Å². The maximum Gasteiger partial charge on any atom is 0.239 e. The topological polar surface area (TPSA) is 65.5 Å². The second-order valence-corrected chi connectivity index (χ2v) is 11.0. The number of likely N-dealkylation sites (N-methyl/N-ethyl adjacent to an activating group) is 2. The number of likely N-dealkylation sites (tertiary alicyclic amines) is 2. The van der Waals surface area contributed by atoms with Gasteiger partial charge in [0.25, 0.3) is 0 Å². The highest BCUT2D eigenvalue weighted by atomic mass is 16.5. The molecule has 3 fully saturated rings. The Morgan fingerprint density at radius 1 is 1.24 bits per heavy atom. The minimum atomic E-state index is -0.829. The number of hydrogen-bond acceptors (Lipinski definition) is 6. The Kier molecular flexibility index (Phi) is 5.21. The van der Waals surface area contributed by atoms with Gasteiger partial charge in [-0.25, -0.2) is 0 Å². The number of carbonyl (C=O) groups excluding carboxylic acids is 1. The maximum atomic E-state index is 13.5. The fourth-order valence-electron chi connectivity index (χ4n) is 8.41.